The first kappa shape index (κ1) is 19.5. The van der Waals surface area contributed by atoms with E-state index in [-0.39, 0.29) is 11.2 Å². The summed E-state index contributed by atoms with van der Waals surface area (Å²) in [6.45, 7) is 1.70. The fourth-order valence-corrected chi connectivity index (χ4v) is 2.93. The summed E-state index contributed by atoms with van der Waals surface area (Å²) < 4.78 is 76.4. The highest BCUT2D eigenvalue weighted by molar-refractivity contribution is 5.41. The molecule has 3 aliphatic rings. The van der Waals surface area contributed by atoms with Gasteiger partial charge in [-0.25, -0.2) is 0 Å². The van der Waals surface area contributed by atoms with Gasteiger partial charge in [-0.2, -0.15) is 41.3 Å². The molecule has 3 saturated carbocycles. The van der Waals surface area contributed by atoms with Gasteiger partial charge in [-0.3, -0.25) is 0 Å². The third kappa shape index (κ3) is 4.36. The lowest BCUT2D eigenvalue weighted by Crippen LogP contribution is -2.50. The Balaban J connectivity index is 1.85. The number of nitrogens with one attached hydrogen (secondary N) is 2. The largest absolute Gasteiger partial charge is 0.408 e. The molecular formula is C16H17F6N5. The molecule has 0 unspecified atom stereocenters. The fraction of sp³-hybridized carbons (Fsp3) is 0.688. The molecule has 3 aliphatic carbocycles. The van der Waals surface area contributed by atoms with Gasteiger partial charge in [0, 0.05) is 5.41 Å². The van der Waals surface area contributed by atoms with Gasteiger partial charge in [-0.15, -0.1) is 0 Å². The Labute approximate surface area is 151 Å². The summed E-state index contributed by atoms with van der Waals surface area (Å²) in [6, 6.07) is -3.99. The van der Waals surface area contributed by atoms with E-state index >= 15 is 0 Å². The molecule has 148 valence electrons. The third-order valence-corrected chi connectivity index (χ3v) is 4.79. The molecule has 0 amide bonds. The van der Waals surface area contributed by atoms with Crippen molar-refractivity contribution in [3.63, 3.8) is 0 Å². The molecule has 0 saturated heterocycles. The van der Waals surface area contributed by atoms with Gasteiger partial charge in [0.2, 0.25) is 17.7 Å². The monoisotopic (exact) mass is 393 g/mol. The molecule has 4 rings (SSSR count). The van der Waals surface area contributed by atoms with E-state index in [1.807, 2.05) is 10.6 Å². The van der Waals surface area contributed by atoms with Gasteiger partial charge in [0.05, 0.1) is 0 Å². The molecule has 1 heterocycles. The van der Waals surface area contributed by atoms with Crippen LogP contribution < -0.4 is 10.6 Å². The average Bonchev–Trinajstić information content (AvgIpc) is 2.42. The topological polar surface area (TPSA) is 62.7 Å². The standard InChI is InChI=1S/C16H17F6N5/c1-8(15(17,18)19)23-12-25-11(3-4-14-5-10(6-14)7-14)26-13(27-12)24-9(2)16(20,21)22/h8-10H,5-7H2,1-2H3,(H2,23,24,25,26,27)/t8-,9-,10?,14?/m1/s1. The zero-order valence-electron chi connectivity index (χ0n) is 14.5. The SMILES string of the molecule is C[C@@H](Nc1nc(C#CC23CC(C2)C3)nc(N[C@H](C)C(F)(F)F)n1)C(F)(F)F. The van der Waals surface area contributed by atoms with Crippen LogP contribution in [0.15, 0.2) is 0 Å². The van der Waals surface area contributed by atoms with Gasteiger partial charge < -0.3 is 10.6 Å². The van der Waals surface area contributed by atoms with Gasteiger partial charge in [-0.1, -0.05) is 5.92 Å². The van der Waals surface area contributed by atoms with Crippen LogP contribution in [0, 0.1) is 23.2 Å². The van der Waals surface area contributed by atoms with Crippen molar-refractivity contribution in [2.45, 2.75) is 57.5 Å². The maximum absolute atomic E-state index is 12.7. The molecular weight excluding hydrogens is 376 g/mol. The predicted molar refractivity (Wildman–Crippen MR) is 84.8 cm³/mol. The summed E-state index contributed by atoms with van der Waals surface area (Å²) in [5.74, 6) is 5.18. The zero-order chi connectivity index (χ0) is 20.0. The lowest BCUT2D eigenvalue weighted by atomic mass is 9.45. The molecule has 0 aromatic carbocycles. The van der Waals surface area contributed by atoms with Crippen molar-refractivity contribution < 1.29 is 26.3 Å². The molecule has 3 fully saturated rings. The van der Waals surface area contributed by atoms with Gasteiger partial charge in [0.25, 0.3) is 0 Å². The first-order valence-electron chi connectivity index (χ1n) is 8.32. The maximum Gasteiger partial charge on any atom is 0.408 e. The van der Waals surface area contributed by atoms with E-state index in [1.165, 1.54) is 0 Å². The highest BCUT2D eigenvalue weighted by Gasteiger charge is 2.55. The van der Waals surface area contributed by atoms with Gasteiger partial charge in [-0.05, 0) is 44.9 Å². The highest BCUT2D eigenvalue weighted by Crippen LogP contribution is 2.63. The van der Waals surface area contributed by atoms with E-state index < -0.39 is 36.3 Å². The van der Waals surface area contributed by atoms with Crippen molar-refractivity contribution in [2.24, 2.45) is 11.3 Å². The normalized spacial score (nSPS) is 26.0. The maximum atomic E-state index is 12.7. The Bertz CT molecular complexity index is 721. The van der Waals surface area contributed by atoms with E-state index in [0.29, 0.717) is 5.92 Å². The molecule has 0 aliphatic heterocycles. The molecule has 2 bridgehead atoms. The van der Waals surface area contributed by atoms with Crippen molar-refractivity contribution in [2.75, 3.05) is 10.6 Å². The number of anilines is 2. The van der Waals surface area contributed by atoms with Crippen LogP contribution in [0.4, 0.5) is 38.2 Å². The van der Waals surface area contributed by atoms with E-state index in [9.17, 15) is 26.3 Å². The second kappa shape index (κ2) is 6.42. The van der Waals surface area contributed by atoms with Crippen molar-refractivity contribution in [3.8, 4) is 11.8 Å². The number of alkyl halides is 6. The molecule has 0 spiro atoms. The summed E-state index contributed by atoms with van der Waals surface area (Å²) in [6.07, 6.45) is -6.28. The fourth-order valence-electron chi connectivity index (χ4n) is 2.93. The summed E-state index contributed by atoms with van der Waals surface area (Å²) in [4.78, 5) is 11.2. The van der Waals surface area contributed by atoms with Crippen LogP contribution in [0.1, 0.15) is 38.9 Å². The molecule has 2 atom stereocenters. The first-order valence-corrected chi connectivity index (χ1v) is 8.32. The second-order valence-corrected chi connectivity index (χ2v) is 7.13. The number of hydrogen-bond donors (Lipinski definition) is 2. The van der Waals surface area contributed by atoms with Gasteiger partial charge in [0.1, 0.15) is 12.1 Å². The quantitative estimate of drug-likeness (QED) is 0.603. The minimum Gasteiger partial charge on any atom is -0.343 e. The lowest BCUT2D eigenvalue weighted by Gasteiger charge is -2.58. The van der Waals surface area contributed by atoms with E-state index in [2.05, 4.69) is 26.8 Å². The Hall–Kier alpha value is -2.25. The van der Waals surface area contributed by atoms with Crippen LogP contribution in [0.3, 0.4) is 0 Å². The molecule has 2 N–H and O–H groups in total. The van der Waals surface area contributed by atoms with E-state index in [1.54, 1.807) is 0 Å². The van der Waals surface area contributed by atoms with Crippen LogP contribution in [0.5, 0.6) is 0 Å². The van der Waals surface area contributed by atoms with Crippen LogP contribution >= 0.6 is 0 Å². The van der Waals surface area contributed by atoms with Crippen molar-refractivity contribution in [3.05, 3.63) is 5.82 Å². The van der Waals surface area contributed by atoms with Crippen LogP contribution in [-0.4, -0.2) is 39.4 Å². The van der Waals surface area contributed by atoms with Gasteiger partial charge in [0.15, 0.2) is 0 Å². The Morgan fingerprint density at radius 3 is 1.67 bits per heavy atom. The van der Waals surface area contributed by atoms with Crippen molar-refractivity contribution in [1.29, 1.82) is 0 Å². The molecule has 0 radical (unpaired) electrons. The summed E-state index contributed by atoms with van der Waals surface area (Å²) >= 11 is 0. The summed E-state index contributed by atoms with van der Waals surface area (Å²) in [7, 11) is 0. The van der Waals surface area contributed by atoms with Crippen molar-refractivity contribution >= 4 is 11.9 Å². The Morgan fingerprint density at radius 2 is 1.33 bits per heavy atom. The minimum absolute atomic E-state index is 0.100. The molecule has 1 aromatic heterocycles. The van der Waals surface area contributed by atoms with Crippen LogP contribution in [0.25, 0.3) is 0 Å². The molecule has 27 heavy (non-hydrogen) atoms. The number of rotatable bonds is 4. The van der Waals surface area contributed by atoms with Crippen LogP contribution in [0.2, 0.25) is 0 Å². The lowest BCUT2D eigenvalue weighted by molar-refractivity contribution is -0.139. The molecule has 11 heteroatoms. The number of aromatic nitrogens is 3. The van der Waals surface area contributed by atoms with Gasteiger partial charge >= 0.3 is 12.4 Å². The molecule has 5 nitrogen and oxygen atoms in total. The smallest absolute Gasteiger partial charge is 0.343 e. The van der Waals surface area contributed by atoms with Crippen molar-refractivity contribution in [1.82, 2.24) is 15.0 Å². The zero-order valence-corrected chi connectivity index (χ0v) is 14.5. The number of hydrogen-bond acceptors (Lipinski definition) is 5. The summed E-state index contributed by atoms with van der Waals surface area (Å²) in [5.41, 5.74) is -0.100. The minimum atomic E-state index is -4.57. The second-order valence-electron chi connectivity index (χ2n) is 7.13. The Morgan fingerprint density at radius 1 is 0.889 bits per heavy atom. The average molecular weight is 393 g/mol. The third-order valence-electron chi connectivity index (χ3n) is 4.79. The summed E-state index contributed by atoms with van der Waals surface area (Å²) in [5, 5.41) is 4.07. The molecule has 1 aromatic rings. The van der Waals surface area contributed by atoms with Crippen LogP contribution in [-0.2, 0) is 0 Å². The van der Waals surface area contributed by atoms with E-state index in [0.717, 1.165) is 33.1 Å². The highest BCUT2D eigenvalue weighted by atomic mass is 19.4. The first-order chi connectivity index (χ1) is 12.4. The number of halogens is 6. The Kier molecular flexibility index (Phi) is 4.64. The number of nitrogens with zero attached hydrogens (tertiary/aromatic N) is 3. The predicted octanol–water partition coefficient (Wildman–Crippen LogP) is 3.75. The van der Waals surface area contributed by atoms with E-state index in [4.69, 9.17) is 0 Å².